The van der Waals surface area contributed by atoms with Gasteiger partial charge in [0.25, 0.3) is 5.91 Å². The smallest absolute Gasteiger partial charge is 0.362 e. The molecular formula is C18H19BrClF3N4O. The third kappa shape index (κ3) is 4.15. The fourth-order valence-corrected chi connectivity index (χ4v) is 3.57. The number of benzene rings is 1. The van der Waals surface area contributed by atoms with Gasteiger partial charge in [-0.25, -0.2) is 4.68 Å². The Hall–Kier alpha value is -1.74. The van der Waals surface area contributed by atoms with E-state index in [2.05, 4.69) is 31.7 Å². The highest BCUT2D eigenvalue weighted by Gasteiger charge is 2.47. The maximum absolute atomic E-state index is 13.7. The molecule has 1 aromatic carbocycles. The summed E-state index contributed by atoms with van der Waals surface area (Å²) in [5, 5.41) is 9.50. The van der Waals surface area contributed by atoms with E-state index in [0.717, 1.165) is 9.15 Å². The molecule has 0 spiro atoms. The van der Waals surface area contributed by atoms with Crippen molar-refractivity contribution >= 4 is 39.3 Å². The van der Waals surface area contributed by atoms with Crippen molar-refractivity contribution in [2.24, 2.45) is 0 Å². The standard InChI is InChI=1S/C18H19BrClF3N4O/c1-3-9(2)24-17(28)15-14(20)16-25-12(10-4-6-11(19)7-5-10)8-13(18(21,22)23)27(16)26-15/h4-7,9,12-13,25H,3,8H2,1-2H3,(H,24,28)/t9-,12+,13+/m0/s1. The molecule has 1 aromatic heterocycles. The molecule has 2 aromatic rings. The number of rotatable bonds is 4. The van der Waals surface area contributed by atoms with Gasteiger partial charge in [0.1, 0.15) is 10.8 Å². The van der Waals surface area contributed by atoms with Crippen LogP contribution >= 0.6 is 27.5 Å². The number of carbonyl (C=O) groups excluding carboxylic acids is 1. The normalized spacial score (nSPS) is 20.2. The molecule has 28 heavy (non-hydrogen) atoms. The summed E-state index contributed by atoms with van der Waals surface area (Å²) < 4.78 is 42.8. The van der Waals surface area contributed by atoms with Crippen molar-refractivity contribution in [1.29, 1.82) is 0 Å². The fourth-order valence-electron chi connectivity index (χ4n) is 3.04. The van der Waals surface area contributed by atoms with Gasteiger partial charge in [0, 0.05) is 16.9 Å². The molecule has 0 bridgehead atoms. The lowest BCUT2D eigenvalue weighted by atomic mass is 9.97. The summed E-state index contributed by atoms with van der Waals surface area (Å²) >= 11 is 9.59. The predicted molar refractivity (Wildman–Crippen MR) is 105 cm³/mol. The van der Waals surface area contributed by atoms with Gasteiger partial charge in [0.05, 0.1) is 6.04 Å². The maximum Gasteiger partial charge on any atom is 0.410 e. The van der Waals surface area contributed by atoms with Gasteiger partial charge in [-0.2, -0.15) is 18.3 Å². The first-order valence-corrected chi connectivity index (χ1v) is 9.96. The number of carbonyl (C=O) groups is 1. The van der Waals surface area contributed by atoms with Gasteiger partial charge < -0.3 is 10.6 Å². The van der Waals surface area contributed by atoms with E-state index >= 15 is 0 Å². The minimum atomic E-state index is -4.54. The van der Waals surface area contributed by atoms with Gasteiger partial charge in [-0.3, -0.25) is 4.79 Å². The second-order valence-corrected chi connectivity index (χ2v) is 8.07. The van der Waals surface area contributed by atoms with Gasteiger partial charge in [0.2, 0.25) is 0 Å². The molecular weight excluding hydrogens is 461 g/mol. The Kier molecular flexibility index (Phi) is 5.95. The topological polar surface area (TPSA) is 59.0 Å². The lowest BCUT2D eigenvalue weighted by molar-refractivity contribution is -0.173. The van der Waals surface area contributed by atoms with E-state index in [1.54, 1.807) is 31.2 Å². The van der Waals surface area contributed by atoms with Crippen LogP contribution in [0.3, 0.4) is 0 Å². The van der Waals surface area contributed by atoms with Gasteiger partial charge in [-0.05, 0) is 31.0 Å². The Balaban J connectivity index is 2.00. The van der Waals surface area contributed by atoms with E-state index < -0.39 is 24.2 Å². The van der Waals surface area contributed by atoms with Crippen LogP contribution < -0.4 is 10.6 Å². The molecule has 0 fully saturated rings. The van der Waals surface area contributed by atoms with Crippen molar-refractivity contribution in [2.45, 2.75) is 51.0 Å². The van der Waals surface area contributed by atoms with E-state index in [1.807, 2.05) is 6.92 Å². The van der Waals surface area contributed by atoms with Crippen molar-refractivity contribution in [1.82, 2.24) is 15.1 Å². The van der Waals surface area contributed by atoms with E-state index in [9.17, 15) is 18.0 Å². The molecule has 1 amide bonds. The zero-order valence-electron chi connectivity index (χ0n) is 15.1. The van der Waals surface area contributed by atoms with Crippen molar-refractivity contribution in [3.63, 3.8) is 0 Å². The molecule has 1 aliphatic rings. The summed E-state index contributed by atoms with van der Waals surface area (Å²) in [5.74, 6) is -0.596. The quantitative estimate of drug-likeness (QED) is 0.610. The van der Waals surface area contributed by atoms with Crippen LogP contribution in [0.1, 0.15) is 54.8 Å². The Morgan fingerprint density at radius 1 is 1.43 bits per heavy atom. The number of hydrogen-bond donors (Lipinski definition) is 2. The van der Waals surface area contributed by atoms with Crippen LogP contribution in [0.5, 0.6) is 0 Å². The third-order valence-electron chi connectivity index (χ3n) is 4.77. The van der Waals surface area contributed by atoms with Crippen LogP contribution in [-0.4, -0.2) is 27.9 Å². The predicted octanol–water partition coefficient (Wildman–Crippen LogP) is 5.49. The molecule has 0 saturated carbocycles. The van der Waals surface area contributed by atoms with Crippen LogP contribution in [-0.2, 0) is 0 Å². The number of amides is 1. The largest absolute Gasteiger partial charge is 0.410 e. The molecule has 0 saturated heterocycles. The van der Waals surface area contributed by atoms with Gasteiger partial charge in [-0.1, -0.05) is 46.6 Å². The Morgan fingerprint density at radius 3 is 2.64 bits per heavy atom. The minimum Gasteiger partial charge on any atom is -0.362 e. The molecule has 2 N–H and O–H groups in total. The van der Waals surface area contributed by atoms with Gasteiger partial charge in [-0.15, -0.1) is 0 Å². The minimum absolute atomic E-state index is 0.00235. The zero-order valence-corrected chi connectivity index (χ0v) is 17.5. The number of nitrogens with zero attached hydrogens (tertiary/aromatic N) is 2. The summed E-state index contributed by atoms with van der Waals surface area (Å²) in [7, 11) is 0. The highest BCUT2D eigenvalue weighted by atomic mass is 79.9. The Labute approximate surface area is 173 Å². The molecule has 3 rings (SSSR count). The first kappa shape index (κ1) is 21.0. The molecule has 1 aliphatic heterocycles. The second kappa shape index (κ2) is 7.94. The first-order valence-electron chi connectivity index (χ1n) is 8.79. The monoisotopic (exact) mass is 478 g/mol. The summed E-state index contributed by atoms with van der Waals surface area (Å²) in [5.41, 5.74) is 0.474. The summed E-state index contributed by atoms with van der Waals surface area (Å²) in [6, 6.07) is 4.35. The van der Waals surface area contributed by atoms with E-state index in [1.165, 1.54) is 0 Å². The van der Waals surface area contributed by atoms with E-state index in [0.29, 0.717) is 12.0 Å². The zero-order chi connectivity index (χ0) is 20.6. The van der Waals surface area contributed by atoms with Crippen molar-refractivity contribution in [2.75, 3.05) is 5.32 Å². The number of nitrogens with one attached hydrogen (secondary N) is 2. The highest BCUT2D eigenvalue weighted by molar-refractivity contribution is 9.10. The molecule has 10 heteroatoms. The number of halogens is 5. The molecule has 2 heterocycles. The van der Waals surface area contributed by atoms with Crippen molar-refractivity contribution < 1.29 is 18.0 Å². The highest BCUT2D eigenvalue weighted by Crippen LogP contribution is 2.46. The Morgan fingerprint density at radius 2 is 2.07 bits per heavy atom. The first-order chi connectivity index (χ1) is 13.1. The lowest BCUT2D eigenvalue weighted by Gasteiger charge is -2.33. The van der Waals surface area contributed by atoms with E-state index in [-0.39, 0.29) is 29.0 Å². The molecule has 0 radical (unpaired) electrons. The number of hydrogen-bond acceptors (Lipinski definition) is 3. The van der Waals surface area contributed by atoms with Crippen LogP contribution in [0.15, 0.2) is 28.7 Å². The maximum atomic E-state index is 13.7. The lowest BCUT2D eigenvalue weighted by Crippen LogP contribution is -2.36. The number of aromatic nitrogens is 2. The SMILES string of the molecule is CC[C@H](C)NC(=O)c1nn2c(c1Cl)N[C@@H](c1ccc(Br)cc1)C[C@@H]2C(F)(F)F. The van der Waals surface area contributed by atoms with Crippen LogP contribution in [0, 0.1) is 0 Å². The van der Waals surface area contributed by atoms with Crippen molar-refractivity contribution in [3.8, 4) is 0 Å². The van der Waals surface area contributed by atoms with Gasteiger partial charge >= 0.3 is 6.18 Å². The van der Waals surface area contributed by atoms with Crippen LogP contribution in [0.2, 0.25) is 5.02 Å². The molecule has 0 aliphatic carbocycles. The third-order valence-corrected chi connectivity index (χ3v) is 5.66. The summed E-state index contributed by atoms with van der Waals surface area (Å²) in [4.78, 5) is 12.4. The van der Waals surface area contributed by atoms with Crippen LogP contribution in [0.4, 0.5) is 19.0 Å². The van der Waals surface area contributed by atoms with Crippen molar-refractivity contribution in [3.05, 3.63) is 45.0 Å². The number of fused-ring (bicyclic) bond motifs is 1. The Bertz CT molecular complexity index is 869. The molecule has 152 valence electrons. The van der Waals surface area contributed by atoms with E-state index in [4.69, 9.17) is 11.6 Å². The van der Waals surface area contributed by atoms with Gasteiger partial charge in [0.15, 0.2) is 11.7 Å². The molecule has 3 atom stereocenters. The molecule has 5 nitrogen and oxygen atoms in total. The molecule has 0 unspecified atom stereocenters. The number of alkyl halides is 3. The summed E-state index contributed by atoms with van der Waals surface area (Å²) in [6.45, 7) is 3.68. The number of anilines is 1. The second-order valence-electron chi connectivity index (χ2n) is 6.78. The average molecular weight is 480 g/mol. The summed E-state index contributed by atoms with van der Waals surface area (Å²) in [6.07, 6.45) is -4.13. The average Bonchev–Trinajstić information content (AvgIpc) is 2.97. The van der Waals surface area contributed by atoms with Crippen LogP contribution in [0.25, 0.3) is 0 Å². The fraction of sp³-hybridized carbons (Fsp3) is 0.444.